The SMILES string of the molecule is CNCC(=O)N(CCc1ccc(OC)c(OC)c1)CC(C)C. The van der Waals surface area contributed by atoms with Crippen molar-refractivity contribution in [3.05, 3.63) is 23.8 Å². The molecule has 1 rings (SSSR count). The molecule has 5 nitrogen and oxygen atoms in total. The maximum Gasteiger partial charge on any atom is 0.236 e. The molecule has 0 unspecified atom stereocenters. The van der Waals surface area contributed by atoms with E-state index in [4.69, 9.17) is 9.47 Å². The van der Waals surface area contributed by atoms with E-state index in [0.29, 0.717) is 19.0 Å². The van der Waals surface area contributed by atoms with Gasteiger partial charge in [-0.2, -0.15) is 0 Å². The summed E-state index contributed by atoms with van der Waals surface area (Å²) in [5, 5.41) is 2.92. The Morgan fingerprint density at radius 1 is 1.23 bits per heavy atom. The van der Waals surface area contributed by atoms with Crippen LogP contribution in [-0.2, 0) is 11.2 Å². The minimum Gasteiger partial charge on any atom is -0.493 e. The highest BCUT2D eigenvalue weighted by molar-refractivity contribution is 5.78. The number of amides is 1. The van der Waals surface area contributed by atoms with E-state index in [9.17, 15) is 4.79 Å². The van der Waals surface area contributed by atoms with Crippen LogP contribution >= 0.6 is 0 Å². The molecule has 1 amide bonds. The first kappa shape index (κ1) is 18.3. The molecule has 124 valence electrons. The number of nitrogens with one attached hydrogen (secondary N) is 1. The van der Waals surface area contributed by atoms with E-state index < -0.39 is 0 Å². The van der Waals surface area contributed by atoms with Crippen LogP contribution in [0.25, 0.3) is 0 Å². The fourth-order valence-corrected chi connectivity index (χ4v) is 2.32. The topological polar surface area (TPSA) is 50.8 Å². The molecule has 1 aromatic carbocycles. The number of benzene rings is 1. The summed E-state index contributed by atoms with van der Waals surface area (Å²) in [6.45, 7) is 6.09. The molecular formula is C17H28N2O3. The molecular weight excluding hydrogens is 280 g/mol. The van der Waals surface area contributed by atoms with Crippen molar-refractivity contribution in [1.29, 1.82) is 0 Å². The highest BCUT2D eigenvalue weighted by Crippen LogP contribution is 2.27. The Morgan fingerprint density at radius 3 is 2.45 bits per heavy atom. The van der Waals surface area contributed by atoms with Gasteiger partial charge in [0.05, 0.1) is 20.8 Å². The third-order valence-corrected chi connectivity index (χ3v) is 3.38. The first-order valence-corrected chi connectivity index (χ1v) is 7.65. The molecule has 0 atom stereocenters. The lowest BCUT2D eigenvalue weighted by atomic mass is 10.1. The predicted molar refractivity (Wildman–Crippen MR) is 88.6 cm³/mol. The Kier molecular flexibility index (Phi) is 7.74. The third kappa shape index (κ3) is 5.56. The zero-order chi connectivity index (χ0) is 16.5. The summed E-state index contributed by atoms with van der Waals surface area (Å²) in [6.07, 6.45) is 0.794. The Hall–Kier alpha value is -1.75. The number of rotatable bonds is 9. The van der Waals surface area contributed by atoms with Gasteiger partial charge in [-0.3, -0.25) is 4.79 Å². The maximum atomic E-state index is 12.1. The van der Waals surface area contributed by atoms with E-state index in [1.165, 1.54) is 0 Å². The van der Waals surface area contributed by atoms with Gasteiger partial charge in [-0.25, -0.2) is 0 Å². The Labute approximate surface area is 133 Å². The van der Waals surface area contributed by atoms with E-state index >= 15 is 0 Å². The number of carbonyl (C=O) groups excluding carboxylic acids is 1. The van der Waals surface area contributed by atoms with Gasteiger partial charge in [0.1, 0.15) is 0 Å². The van der Waals surface area contributed by atoms with Gasteiger partial charge in [0.15, 0.2) is 11.5 Å². The molecule has 0 saturated carbocycles. The molecule has 0 spiro atoms. The van der Waals surface area contributed by atoms with E-state index in [2.05, 4.69) is 19.2 Å². The van der Waals surface area contributed by atoms with Gasteiger partial charge in [-0.15, -0.1) is 0 Å². The average Bonchev–Trinajstić information content (AvgIpc) is 2.50. The lowest BCUT2D eigenvalue weighted by Crippen LogP contribution is -2.40. The first-order chi connectivity index (χ1) is 10.5. The molecule has 0 aromatic heterocycles. The van der Waals surface area contributed by atoms with Crippen molar-refractivity contribution in [2.75, 3.05) is 40.9 Å². The second-order valence-electron chi connectivity index (χ2n) is 5.70. The number of hydrogen-bond acceptors (Lipinski definition) is 4. The van der Waals surface area contributed by atoms with Crippen LogP contribution in [0.5, 0.6) is 11.5 Å². The Morgan fingerprint density at radius 2 is 1.91 bits per heavy atom. The highest BCUT2D eigenvalue weighted by Gasteiger charge is 2.14. The molecule has 0 saturated heterocycles. The second kappa shape index (κ2) is 9.30. The van der Waals surface area contributed by atoms with Gasteiger partial charge in [0.25, 0.3) is 0 Å². The van der Waals surface area contributed by atoms with Crippen LogP contribution < -0.4 is 14.8 Å². The molecule has 1 aromatic rings. The van der Waals surface area contributed by atoms with Crippen LogP contribution in [0.2, 0.25) is 0 Å². The zero-order valence-corrected chi connectivity index (χ0v) is 14.3. The second-order valence-corrected chi connectivity index (χ2v) is 5.70. The summed E-state index contributed by atoms with van der Waals surface area (Å²) in [4.78, 5) is 14.1. The van der Waals surface area contributed by atoms with Crippen LogP contribution in [0, 0.1) is 5.92 Å². The lowest BCUT2D eigenvalue weighted by Gasteiger charge is -2.24. The molecule has 1 N–H and O–H groups in total. The number of hydrogen-bond donors (Lipinski definition) is 1. The molecule has 0 aliphatic heterocycles. The number of carbonyl (C=O) groups is 1. The molecule has 0 aliphatic carbocycles. The Balaban J connectivity index is 2.73. The molecule has 0 heterocycles. The molecule has 0 bridgehead atoms. The average molecular weight is 308 g/mol. The number of nitrogens with zero attached hydrogens (tertiary/aromatic N) is 1. The van der Waals surface area contributed by atoms with Crippen molar-refractivity contribution in [3.8, 4) is 11.5 Å². The van der Waals surface area contributed by atoms with Gasteiger partial charge < -0.3 is 19.7 Å². The fourth-order valence-electron chi connectivity index (χ4n) is 2.32. The molecule has 0 fully saturated rings. The zero-order valence-electron chi connectivity index (χ0n) is 14.3. The van der Waals surface area contributed by atoms with Crippen LogP contribution in [0.15, 0.2) is 18.2 Å². The molecule has 0 aliphatic rings. The van der Waals surface area contributed by atoms with E-state index in [1.807, 2.05) is 23.1 Å². The predicted octanol–water partition coefficient (Wildman–Crippen LogP) is 1.95. The van der Waals surface area contributed by atoms with Crippen molar-refractivity contribution < 1.29 is 14.3 Å². The van der Waals surface area contributed by atoms with Gasteiger partial charge in [-0.1, -0.05) is 19.9 Å². The molecule has 0 radical (unpaired) electrons. The van der Waals surface area contributed by atoms with E-state index in [0.717, 1.165) is 30.0 Å². The number of likely N-dealkylation sites (N-methyl/N-ethyl adjacent to an activating group) is 1. The largest absolute Gasteiger partial charge is 0.493 e. The van der Waals surface area contributed by atoms with Gasteiger partial charge >= 0.3 is 0 Å². The third-order valence-electron chi connectivity index (χ3n) is 3.38. The standard InChI is InChI=1S/C17H28N2O3/c1-13(2)12-19(17(20)11-18-3)9-8-14-6-7-15(21-4)16(10-14)22-5/h6-7,10,13,18H,8-9,11-12H2,1-5H3. The minimum atomic E-state index is 0.136. The van der Waals surface area contributed by atoms with Crippen LogP contribution in [0.4, 0.5) is 0 Å². The number of methoxy groups -OCH3 is 2. The quantitative estimate of drug-likeness (QED) is 0.757. The van der Waals surface area contributed by atoms with E-state index in [1.54, 1.807) is 21.3 Å². The van der Waals surface area contributed by atoms with Gasteiger partial charge in [-0.05, 0) is 37.1 Å². The van der Waals surface area contributed by atoms with Crippen molar-refractivity contribution in [2.24, 2.45) is 5.92 Å². The minimum absolute atomic E-state index is 0.136. The first-order valence-electron chi connectivity index (χ1n) is 7.65. The van der Waals surface area contributed by atoms with Crippen molar-refractivity contribution in [3.63, 3.8) is 0 Å². The van der Waals surface area contributed by atoms with Crippen molar-refractivity contribution in [1.82, 2.24) is 10.2 Å². The summed E-state index contributed by atoms with van der Waals surface area (Å²) in [7, 11) is 5.04. The maximum absolute atomic E-state index is 12.1. The van der Waals surface area contributed by atoms with Crippen LogP contribution in [0.3, 0.4) is 0 Å². The summed E-state index contributed by atoms with van der Waals surface area (Å²) in [5.41, 5.74) is 1.13. The van der Waals surface area contributed by atoms with Gasteiger partial charge in [0.2, 0.25) is 5.91 Å². The molecule has 22 heavy (non-hydrogen) atoms. The van der Waals surface area contributed by atoms with E-state index in [-0.39, 0.29) is 5.91 Å². The summed E-state index contributed by atoms with van der Waals surface area (Å²) < 4.78 is 10.6. The summed E-state index contributed by atoms with van der Waals surface area (Å²) in [6, 6.07) is 5.88. The number of ether oxygens (including phenoxy) is 2. The monoisotopic (exact) mass is 308 g/mol. The van der Waals surface area contributed by atoms with Gasteiger partial charge in [0, 0.05) is 13.1 Å². The van der Waals surface area contributed by atoms with Crippen molar-refractivity contribution in [2.45, 2.75) is 20.3 Å². The van der Waals surface area contributed by atoms with Crippen LogP contribution in [0.1, 0.15) is 19.4 Å². The lowest BCUT2D eigenvalue weighted by molar-refractivity contribution is -0.130. The summed E-state index contributed by atoms with van der Waals surface area (Å²) in [5.74, 6) is 2.02. The normalized spacial score (nSPS) is 10.6. The van der Waals surface area contributed by atoms with Crippen LogP contribution in [-0.4, -0.2) is 51.7 Å². The Bertz CT molecular complexity index is 475. The molecule has 5 heteroatoms. The summed E-state index contributed by atoms with van der Waals surface area (Å²) >= 11 is 0. The van der Waals surface area contributed by atoms with Crippen molar-refractivity contribution >= 4 is 5.91 Å². The smallest absolute Gasteiger partial charge is 0.236 e. The fraction of sp³-hybridized carbons (Fsp3) is 0.588. The highest BCUT2D eigenvalue weighted by atomic mass is 16.5.